The van der Waals surface area contributed by atoms with Gasteiger partial charge in [0.25, 0.3) is 0 Å². The molecule has 146 valence electrons. The minimum absolute atomic E-state index is 0.0629. The second kappa shape index (κ2) is 7.07. The van der Waals surface area contributed by atoms with E-state index in [0.717, 1.165) is 17.0 Å². The molecule has 2 aromatic carbocycles. The van der Waals surface area contributed by atoms with Crippen LogP contribution < -0.4 is 20.1 Å². The Kier molecular flexibility index (Phi) is 4.58. The van der Waals surface area contributed by atoms with Crippen molar-refractivity contribution in [2.75, 3.05) is 37.4 Å². The molecule has 4 rings (SSSR count). The average Bonchev–Trinajstić information content (AvgIpc) is 3.27. The number of fused-ring (bicyclic) bond motifs is 2. The van der Waals surface area contributed by atoms with Crippen molar-refractivity contribution in [3.8, 4) is 11.5 Å². The number of hydrogen-bond acceptors (Lipinski definition) is 4. The van der Waals surface area contributed by atoms with Crippen LogP contribution in [0.25, 0.3) is 0 Å². The fourth-order valence-corrected chi connectivity index (χ4v) is 3.91. The zero-order valence-electron chi connectivity index (χ0n) is 16.0. The first-order valence-electron chi connectivity index (χ1n) is 9.34. The number of urea groups is 1. The molecular weight excluding hydrogens is 358 g/mol. The van der Waals surface area contributed by atoms with E-state index < -0.39 is 5.41 Å². The first kappa shape index (κ1) is 18.2. The highest BCUT2D eigenvalue weighted by Crippen LogP contribution is 2.45. The summed E-state index contributed by atoms with van der Waals surface area (Å²) in [6, 6.07) is 12.6. The Hall–Kier alpha value is -3.22. The van der Waals surface area contributed by atoms with Crippen molar-refractivity contribution < 1.29 is 19.1 Å². The maximum atomic E-state index is 12.8. The summed E-state index contributed by atoms with van der Waals surface area (Å²) in [5.41, 5.74) is 1.65. The summed E-state index contributed by atoms with van der Waals surface area (Å²) in [6.07, 6.45) is 0.579. The minimum atomic E-state index is -0.722. The molecule has 3 amide bonds. The number of amides is 3. The van der Waals surface area contributed by atoms with Gasteiger partial charge in [-0.3, -0.25) is 4.79 Å². The van der Waals surface area contributed by atoms with E-state index in [0.29, 0.717) is 37.6 Å². The molecule has 7 heteroatoms. The summed E-state index contributed by atoms with van der Waals surface area (Å²) in [5, 5.41) is 5.84. The van der Waals surface area contributed by atoms with Crippen LogP contribution >= 0.6 is 0 Å². The predicted octanol–water partition coefficient (Wildman–Crippen LogP) is 3.22. The Morgan fingerprint density at radius 3 is 2.68 bits per heavy atom. The van der Waals surface area contributed by atoms with E-state index in [4.69, 9.17) is 9.47 Å². The van der Waals surface area contributed by atoms with Crippen LogP contribution in [-0.4, -0.2) is 43.6 Å². The van der Waals surface area contributed by atoms with Gasteiger partial charge in [-0.1, -0.05) is 0 Å². The van der Waals surface area contributed by atoms with Crippen molar-refractivity contribution in [1.29, 1.82) is 0 Å². The molecule has 1 atom stereocenters. The van der Waals surface area contributed by atoms with Gasteiger partial charge >= 0.3 is 6.03 Å². The predicted molar refractivity (Wildman–Crippen MR) is 106 cm³/mol. The van der Waals surface area contributed by atoms with Gasteiger partial charge in [0.1, 0.15) is 11.5 Å². The maximum Gasteiger partial charge on any atom is 0.321 e. The van der Waals surface area contributed by atoms with Gasteiger partial charge in [0.05, 0.1) is 19.1 Å². The Labute approximate surface area is 163 Å². The van der Waals surface area contributed by atoms with Crippen LogP contribution in [-0.2, 0) is 10.2 Å². The summed E-state index contributed by atoms with van der Waals surface area (Å²) in [7, 11) is 1.60. The van der Waals surface area contributed by atoms with Gasteiger partial charge in [-0.25, -0.2) is 4.79 Å². The highest BCUT2D eigenvalue weighted by atomic mass is 16.5. The lowest BCUT2D eigenvalue weighted by Crippen LogP contribution is -2.40. The maximum absolute atomic E-state index is 12.8. The van der Waals surface area contributed by atoms with Gasteiger partial charge in [-0.2, -0.15) is 0 Å². The monoisotopic (exact) mass is 381 g/mol. The van der Waals surface area contributed by atoms with Gasteiger partial charge in [-0.15, -0.1) is 0 Å². The molecule has 1 fully saturated rings. The first-order valence-corrected chi connectivity index (χ1v) is 9.34. The minimum Gasteiger partial charge on any atom is -0.497 e. The lowest BCUT2D eigenvalue weighted by molar-refractivity contribution is -0.120. The topological polar surface area (TPSA) is 79.9 Å². The van der Waals surface area contributed by atoms with Crippen molar-refractivity contribution in [1.82, 2.24) is 4.90 Å². The highest BCUT2D eigenvalue weighted by Gasteiger charge is 2.52. The number of rotatable bonds is 4. The third-order valence-corrected chi connectivity index (χ3v) is 5.40. The third kappa shape index (κ3) is 3.02. The number of likely N-dealkylation sites (tertiary alicyclic amines) is 1. The number of carbonyl (C=O) groups is 2. The Balaban J connectivity index is 1.49. The number of anilines is 2. The van der Waals surface area contributed by atoms with E-state index in [2.05, 4.69) is 10.6 Å². The van der Waals surface area contributed by atoms with Gasteiger partial charge in [0.2, 0.25) is 5.91 Å². The fourth-order valence-electron chi connectivity index (χ4n) is 3.91. The van der Waals surface area contributed by atoms with E-state index in [1.165, 1.54) is 0 Å². The Bertz CT molecular complexity index is 912. The lowest BCUT2D eigenvalue weighted by Gasteiger charge is -2.23. The molecule has 2 aliphatic rings. The molecule has 0 aromatic heterocycles. The lowest BCUT2D eigenvalue weighted by atomic mass is 9.81. The van der Waals surface area contributed by atoms with Crippen molar-refractivity contribution in [3.05, 3.63) is 48.0 Å². The summed E-state index contributed by atoms with van der Waals surface area (Å²) in [5.74, 6) is 1.40. The molecule has 1 saturated heterocycles. The van der Waals surface area contributed by atoms with Gasteiger partial charge in [0, 0.05) is 24.5 Å². The van der Waals surface area contributed by atoms with E-state index in [-0.39, 0.29) is 11.9 Å². The summed E-state index contributed by atoms with van der Waals surface area (Å²) in [4.78, 5) is 27.2. The number of nitrogens with one attached hydrogen (secondary N) is 2. The third-order valence-electron chi connectivity index (χ3n) is 5.40. The molecule has 7 nitrogen and oxygen atoms in total. The van der Waals surface area contributed by atoms with Gasteiger partial charge in [-0.05, 0) is 61.4 Å². The van der Waals surface area contributed by atoms with Crippen LogP contribution in [0.5, 0.6) is 11.5 Å². The number of nitrogens with zero attached hydrogens (tertiary/aromatic N) is 1. The number of methoxy groups -OCH3 is 1. The van der Waals surface area contributed by atoms with Crippen molar-refractivity contribution in [3.63, 3.8) is 0 Å². The molecule has 1 unspecified atom stereocenters. The molecule has 28 heavy (non-hydrogen) atoms. The molecule has 1 spiro atoms. The van der Waals surface area contributed by atoms with E-state index in [1.807, 2.05) is 37.3 Å². The van der Waals surface area contributed by atoms with Crippen LogP contribution in [0.1, 0.15) is 18.9 Å². The van der Waals surface area contributed by atoms with Gasteiger partial charge in [0.15, 0.2) is 0 Å². The van der Waals surface area contributed by atoms with Crippen LogP contribution in [0.2, 0.25) is 0 Å². The molecule has 2 heterocycles. The molecule has 0 saturated carbocycles. The fraction of sp³-hybridized carbons (Fsp3) is 0.333. The van der Waals surface area contributed by atoms with E-state index in [1.54, 1.807) is 24.1 Å². The largest absolute Gasteiger partial charge is 0.497 e. The average molecular weight is 381 g/mol. The SMILES string of the molecule is CCOc1ccc(NC(=O)N2CCC3(C2)C(=O)Nc2ccc(OC)cc23)cc1. The Morgan fingerprint density at radius 1 is 1.21 bits per heavy atom. The molecular formula is C21H23N3O4. The zero-order valence-corrected chi connectivity index (χ0v) is 16.0. The van der Waals surface area contributed by atoms with Crippen LogP contribution in [0.15, 0.2) is 42.5 Å². The van der Waals surface area contributed by atoms with Crippen LogP contribution in [0.3, 0.4) is 0 Å². The Morgan fingerprint density at radius 2 is 1.96 bits per heavy atom. The molecule has 0 aliphatic carbocycles. The van der Waals surface area contributed by atoms with E-state index in [9.17, 15) is 9.59 Å². The number of hydrogen-bond donors (Lipinski definition) is 2. The van der Waals surface area contributed by atoms with Crippen molar-refractivity contribution in [2.45, 2.75) is 18.8 Å². The number of benzene rings is 2. The normalized spacial score (nSPS) is 20.1. The highest BCUT2D eigenvalue weighted by molar-refractivity contribution is 6.07. The molecule has 0 bridgehead atoms. The van der Waals surface area contributed by atoms with Crippen molar-refractivity contribution >= 4 is 23.3 Å². The second-order valence-corrected chi connectivity index (χ2v) is 7.01. The zero-order chi connectivity index (χ0) is 19.7. The molecule has 2 aliphatic heterocycles. The summed E-state index contributed by atoms with van der Waals surface area (Å²) in [6.45, 7) is 3.36. The summed E-state index contributed by atoms with van der Waals surface area (Å²) < 4.78 is 10.7. The number of ether oxygens (including phenoxy) is 2. The smallest absolute Gasteiger partial charge is 0.321 e. The van der Waals surface area contributed by atoms with Gasteiger partial charge < -0.3 is 25.0 Å². The first-order chi connectivity index (χ1) is 13.6. The summed E-state index contributed by atoms with van der Waals surface area (Å²) >= 11 is 0. The standard InChI is InChI=1S/C21H23N3O4/c1-3-28-15-6-4-14(5-7-15)22-20(26)24-11-10-21(13-24)17-12-16(27-2)8-9-18(17)23-19(21)25/h4-9,12H,3,10-11,13H2,1-2H3,(H,22,26)(H,23,25). The number of carbonyl (C=O) groups excluding carboxylic acids is 2. The molecule has 2 aromatic rings. The van der Waals surface area contributed by atoms with Crippen LogP contribution in [0, 0.1) is 0 Å². The van der Waals surface area contributed by atoms with E-state index >= 15 is 0 Å². The molecule has 2 N–H and O–H groups in total. The second-order valence-electron chi connectivity index (χ2n) is 7.01. The molecule has 0 radical (unpaired) electrons. The quantitative estimate of drug-likeness (QED) is 0.852. The van der Waals surface area contributed by atoms with Crippen molar-refractivity contribution in [2.24, 2.45) is 0 Å². The van der Waals surface area contributed by atoms with Crippen LogP contribution in [0.4, 0.5) is 16.2 Å².